The second kappa shape index (κ2) is 6.19. The number of rotatable bonds is 6. The number of ether oxygens (including phenoxy) is 1. The lowest BCUT2D eigenvalue weighted by atomic mass is 10.4. The van der Waals surface area contributed by atoms with Gasteiger partial charge in [-0.3, -0.25) is 0 Å². The summed E-state index contributed by atoms with van der Waals surface area (Å²) in [5.74, 6) is 1.20. The molecule has 0 aliphatic rings. The summed E-state index contributed by atoms with van der Waals surface area (Å²) in [4.78, 5) is 14.0. The zero-order chi connectivity index (χ0) is 12.8. The molecule has 0 aliphatic carbocycles. The molecule has 1 rings (SSSR count). The predicted octanol–water partition coefficient (Wildman–Crippen LogP) is 0.357. The normalized spacial score (nSPS) is 12.2. The van der Waals surface area contributed by atoms with Gasteiger partial charge in [0.2, 0.25) is 17.8 Å². The highest BCUT2D eigenvalue weighted by Gasteiger charge is 2.07. The van der Waals surface area contributed by atoms with Crippen LogP contribution in [0, 0.1) is 0 Å². The van der Waals surface area contributed by atoms with Gasteiger partial charge in [0.1, 0.15) is 0 Å². The second-order valence-electron chi connectivity index (χ2n) is 3.86. The third-order valence-corrected chi connectivity index (χ3v) is 2.04. The van der Waals surface area contributed by atoms with Crippen molar-refractivity contribution in [3.63, 3.8) is 0 Å². The maximum absolute atomic E-state index is 5.60. The van der Waals surface area contributed by atoms with Crippen LogP contribution in [0.2, 0.25) is 0 Å². The third-order valence-electron chi connectivity index (χ3n) is 2.04. The van der Waals surface area contributed by atoms with Gasteiger partial charge in [-0.25, -0.2) is 0 Å². The lowest BCUT2D eigenvalue weighted by Crippen LogP contribution is -2.22. The standard InChI is InChI=1S/C10H20N6O/c1-5-17-7(2)6-12-9-13-8(11)14-10(15-9)16(3)4/h7H,5-6H2,1-4H3,(H3,11,12,13,14,15). The summed E-state index contributed by atoms with van der Waals surface area (Å²) in [5, 5.41) is 3.07. The highest BCUT2D eigenvalue weighted by molar-refractivity contribution is 5.40. The van der Waals surface area contributed by atoms with Crippen molar-refractivity contribution in [3.8, 4) is 0 Å². The van der Waals surface area contributed by atoms with E-state index in [1.807, 2.05) is 27.9 Å². The molecule has 0 amide bonds. The Labute approximate surface area is 101 Å². The van der Waals surface area contributed by atoms with Crippen molar-refractivity contribution < 1.29 is 4.74 Å². The van der Waals surface area contributed by atoms with Crippen LogP contribution < -0.4 is 16.0 Å². The zero-order valence-corrected chi connectivity index (χ0v) is 10.8. The first-order chi connectivity index (χ1) is 8.02. The highest BCUT2D eigenvalue weighted by Crippen LogP contribution is 2.09. The van der Waals surface area contributed by atoms with Gasteiger partial charge in [-0.1, -0.05) is 0 Å². The Bertz CT molecular complexity index is 357. The van der Waals surface area contributed by atoms with Gasteiger partial charge in [-0.15, -0.1) is 0 Å². The Hall–Kier alpha value is -1.63. The smallest absolute Gasteiger partial charge is 0.231 e. The fourth-order valence-electron chi connectivity index (χ4n) is 1.24. The Kier molecular flexibility index (Phi) is 4.89. The van der Waals surface area contributed by atoms with Crippen LogP contribution in [-0.2, 0) is 4.74 Å². The van der Waals surface area contributed by atoms with E-state index in [2.05, 4.69) is 20.3 Å². The summed E-state index contributed by atoms with van der Waals surface area (Å²) in [6.45, 7) is 5.25. The molecular weight excluding hydrogens is 220 g/mol. The van der Waals surface area contributed by atoms with E-state index in [4.69, 9.17) is 10.5 Å². The van der Waals surface area contributed by atoms with Crippen LogP contribution in [0.25, 0.3) is 0 Å². The molecule has 0 bridgehead atoms. The highest BCUT2D eigenvalue weighted by atomic mass is 16.5. The summed E-state index contributed by atoms with van der Waals surface area (Å²) in [6, 6.07) is 0. The van der Waals surface area contributed by atoms with Crippen molar-refractivity contribution in [1.29, 1.82) is 0 Å². The van der Waals surface area contributed by atoms with E-state index in [9.17, 15) is 0 Å². The zero-order valence-electron chi connectivity index (χ0n) is 10.8. The number of anilines is 3. The number of aromatic nitrogens is 3. The Morgan fingerprint density at radius 2 is 2.06 bits per heavy atom. The van der Waals surface area contributed by atoms with Crippen molar-refractivity contribution in [2.24, 2.45) is 0 Å². The summed E-state index contributed by atoms with van der Waals surface area (Å²) < 4.78 is 5.40. The van der Waals surface area contributed by atoms with Crippen molar-refractivity contribution in [1.82, 2.24) is 15.0 Å². The first-order valence-electron chi connectivity index (χ1n) is 5.57. The molecule has 1 unspecified atom stereocenters. The molecule has 3 N–H and O–H groups in total. The molecule has 0 radical (unpaired) electrons. The van der Waals surface area contributed by atoms with Crippen LogP contribution in [-0.4, -0.2) is 48.3 Å². The van der Waals surface area contributed by atoms with Gasteiger partial charge in [0, 0.05) is 27.2 Å². The van der Waals surface area contributed by atoms with E-state index in [1.54, 1.807) is 4.90 Å². The molecule has 0 saturated carbocycles. The summed E-state index contributed by atoms with van der Waals surface area (Å²) in [6.07, 6.45) is 0.0980. The molecule has 7 nitrogen and oxygen atoms in total. The Morgan fingerprint density at radius 1 is 1.35 bits per heavy atom. The fraction of sp³-hybridized carbons (Fsp3) is 0.700. The van der Waals surface area contributed by atoms with E-state index in [-0.39, 0.29) is 12.1 Å². The topological polar surface area (TPSA) is 89.2 Å². The molecule has 0 aliphatic heterocycles. The molecule has 0 spiro atoms. The van der Waals surface area contributed by atoms with E-state index in [0.29, 0.717) is 25.0 Å². The number of nitrogens with zero attached hydrogens (tertiary/aromatic N) is 4. The van der Waals surface area contributed by atoms with E-state index < -0.39 is 0 Å². The molecule has 1 aromatic heterocycles. The van der Waals surface area contributed by atoms with Crippen molar-refractivity contribution in [2.75, 3.05) is 43.2 Å². The summed E-state index contributed by atoms with van der Waals surface area (Å²) >= 11 is 0. The second-order valence-corrected chi connectivity index (χ2v) is 3.86. The summed E-state index contributed by atoms with van der Waals surface area (Å²) in [5.41, 5.74) is 5.60. The Morgan fingerprint density at radius 3 is 2.65 bits per heavy atom. The van der Waals surface area contributed by atoms with Gasteiger partial charge < -0.3 is 20.7 Å². The molecule has 1 aromatic rings. The van der Waals surface area contributed by atoms with Gasteiger partial charge in [0.15, 0.2) is 0 Å². The molecule has 7 heteroatoms. The number of hydrogen-bond acceptors (Lipinski definition) is 7. The lowest BCUT2D eigenvalue weighted by Gasteiger charge is -2.14. The van der Waals surface area contributed by atoms with Gasteiger partial charge in [0.05, 0.1) is 6.10 Å². The van der Waals surface area contributed by atoms with Crippen LogP contribution >= 0.6 is 0 Å². The van der Waals surface area contributed by atoms with Crippen molar-refractivity contribution >= 4 is 17.8 Å². The van der Waals surface area contributed by atoms with Crippen molar-refractivity contribution in [3.05, 3.63) is 0 Å². The molecule has 17 heavy (non-hydrogen) atoms. The number of nitrogens with two attached hydrogens (primary N) is 1. The van der Waals surface area contributed by atoms with Crippen LogP contribution in [0.5, 0.6) is 0 Å². The third kappa shape index (κ3) is 4.39. The average molecular weight is 240 g/mol. The molecule has 0 fully saturated rings. The maximum Gasteiger partial charge on any atom is 0.231 e. The number of nitrogens with one attached hydrogen (secondary N) is 1. The minimum atomic E-state index is 0.0980. The van der Waals surface area contributed by atoms with Gasteiger partial charge in [-0.2, -0.15) is 15.0 Å². The molecule has 96 valence electrons. The molecule has 1 heterocycles. The monoisotopic (exact) mass is 240 g/mol. The molecule has 0 saturated heterocycles. The van der Waals surface area contributed by atoms with Gasteiger partial charge >= 0.3 is 0 Å². The number of nitrogen functional groups attached to an aromatic ring is 1. The van der Waals surface area contributed by atoms with Crippen LogP contribution in [0.4, 0.5) is 17.8 Å². The van der Waals surface area contributed by atoms with E-state index in [0.717, 1.165) is 0 Å². The van der Waals surface area contributed by atoms with Crippen LogP contribution in [0.3, 0.4) is 0 Å². The predicted molar refractivity (Wildman–Crippen MR) is 68.1 cm³/mol. The molecular formula is C10H20N6O. The van der Waals surface area contributed by atoms with Gasteiger partial charge in [0.25, 0.3) is 0 Å². The Balaban J connectivity index is 2.64. The van der Waals surface area contributed by atoms with Gasteiger partial charge in [-0.05, 0) is 13.8 Å². The number of hydrogen-bond donors (Lipinski definition) is 2. The minimum absolute atomic E-state index is 0.0980. The quantitative estimate of drug-likeness (QED) is 0.741. The average Bonchev–Trinajstić information content (AvgIpc) is 2.26. The lowest BCUT2D eigenvalue weighted by molar-refractivity contribution is 0.0854. The largest absolute Gasteiger partial charge is 0.377 e. The fourth-order valence-corrected chi connectivity index (χ4v) is 1.24. The first-order valence-corrected chi connectivity index (χ1v) is 5.57. The van der Waals surface area contributed by atoms with Crippen LogP contribution in [0.15, 0.2) is 0 Å². The van der Waals surface area contributed by atoms with E-state index >= 15 is 0 Å². The minimum Gasteiger partial charge on any atom is -0.377 e. The molecule has 1 atom stereocenters. The van der Waals surface area contributed by atoms with E-state index in [1.165, 1.54) is 0 Å². The molecule has 0 aromatic carbocycles. The SMILES string of the molecule is CCOC(C)CNc1nc(N)nc(N(C)C)n1. The van der Waals surface area contributed by atoms with Crippen molar-refractivity contribution in [2.45, 2.75) is 20.0 Å². The maximum atomic E-state index is 5.60. The van der Waals surface area contributed by atoms with Crippen LogP contribution in [0.1, 0.15) is 13.8 Å². The summed E-state index contributed by atoms with van der Waals surface area (Å²) in [7, 11) is 3.70. The first kappa shape index (κ1) is 13.4.